The minimum atomic E-state index is -0.102. The fraction of sp³-hybridized carbons (Fsp3) is 0.364. The van der Waals surface area contributed by atoms with Crippen LogP contribution >= 0.6 is 0 Å². The minimum Gasteiger partial charge on any atom is -0.486 e. The first-order valence-corrected chi connectivity index (χ1v) is 9.80. The lowest BCUT2D eigenvalue weighted by Crippen LogP contribution is -2.30. The molecule has 1 fully saturated rings. The Balaban J connectivity index is 1.28. The smallest absolute Gasteiger partial charge is 0.230 e. The molecular weight excluding hydrogens is 356 g/mol. The quantitative estimate of drug-likeness (QED) is 0.888. The second kappa shape index (κ2) is 6.86. The molecule has 0 bridgehead atoms. The monoisotopic (exact) mass is 378 g/mol. The van der Waals surface area contributed by atoms with Gasteiger partial charge in [0.05, 0.1) is 6.42 Å². The maximum absolute atomic E-state index is 12.5. The summed E-state index contributed by atoms with van der Waals surface area (Å²) in [5, 5.41) is 2.96. The van der Waals surface area contributed by atoms with Crippen LogP contribution < -0.4 is 19.7 Å². The Labute approximate surface area is 163 Å². The van der Waals surface area contributed by atoms with Gasteiger partial charge >= 0.3 is 0 Å². The predicted octanol–water partition coefficient (Wildman–Crippen LogP) is 2.94. The highest BCUT2D eigenvalue weighted by molar-refractivity contribution is 6.00. The van der Waals surface area contributed by atoms with Crippen LogP contribution in [0.4, 0.5) is 11.4 Å². The van der Waals surface area contributed by atoms with Gasteiger partial charge in [0.15, 0.2) is 11.5 Å². The third kappa shape index (κ3) is 3.30. The molecule has 0 unspecified atom stereocenters. The Hall–Kier alpha value is -3.02. The molecule has 2 aromatic carbocycles. The first kappa shape index (κ1) is 17.1. The van der Waals surface area contributed by atoms with E-state index >= 15 is 0 Å². The van der Waals surface area contributed by atoms with Gasteiger partial charge in [0.25, 0.3) is 0 Å². The molecule has 0 spiro atoms. The number of rotatable bonds is 4. The van der Waals surface area contributed by atoms with Crippen LogP contribution in [0.2, 0.25) is 0 Å². The zero-order valence-corrected chi connectivity index (χ0v) is 15.6. The summed E-state index contributed by atoms with van der Waals surface area (Å²) in [6.45, 7) is 1.80. The number of hydrogen-bond donors (Lipinski definition) is 1. The van der Waals surface area contributed by atoms with E-state index in [9.17, 15) is 9.59 Å². The van der Waals surface area contributed by atoms with E-state index in [1.54, 1.807) is 0 Å². The van der Waals surface area contributed by atoms with Crippen molar-refractivity contribution in [3.05, 3.63) is 47.5 Å². The Morgan fingerprint density at radius 1 is 1.04 bits per heavy atom. The average molecular weight is 378 g/mol. The summed E-state index contributed by atoms with van der Waals surface area (Å²) in [6, 6.07) is 11.4. The summed E-state index contributed by atoms with van der Waals surface area (Å²) in [7, 11) is 0. The molecule has 0 aromatic heterocycles. The van der Waals surface area contributed by atoms with Crippen molar-refractivity contribution in [1.82, 2.24) is 0 Å². The fourth-order valence-electron chi connectivity index (χ4n) is 3.82. The summed E-state index contributed by atoms with van der Waals surface area (Å²) in [6.07, 6.45) is 3.12. The molecule has 0 saturated heterocycles. The third-order valence-corrected chi connectivity index (χ3v) is 5.43. The van der Waals surface area contributed by atoms with Crippen LogP contribution in [0.15, 0.2) is 36.4 Å². The number of anilines is 2. The maximum atomic E-state index is 12.5. The Kier molecular flexibility index (Phi) is 4.19. The molecule has 1 aliphatic carbocycles. The molecule has 2 heterocycles. The van der Waals surface area contributed by atoms with Gasteiger partial charge in [-0.05, 0) is 54.7 Å². The number of hydrogen-bond acceptors (Lipinski definition) is 4. The number of carbonyl (C=O) groups excluding carboxylic acids is 2. The molecule has 1 saturated carbocycles. The summed E-state index contributed by atoms with van der Waals surface area (Å²) in [5.74, 6) is 1.71. The van der Waals surface area contributed by atoms with E-state index in [1.165, 1.54) is 5.56 Å². The first-order valence-electron chi connectivity index (χ1n) is 9.80. The van der Waals surface area contributed by atoms with Crippen molar-refractivity contribution < 1.29 is 19.1 Å². The number of nitrogens with one attached hydrogen (secondary N) is 1. The molecule has 2 amide bonds. The molecule has 144 valence electrons. The Morgan fingerprint density at radius 3 is 2.68 bits per heavy atom. The van der Waals surface area contributed by atoms with E-state index in [0.29, 0.717) is 19.0 Å². The number of ether oxygens (including phenoxy) is 2. The Bertz CT molecular complexity index is 952. The van der Waals surface area contributed by atoms with Crippen molar-refractivity contribution in [3.63, 3.8) is 0 Å². The third-order valence-electron chi connectivity index (χ3n) is 5.43. The highest BCUT2D eigenvalue weighted by Gasteiger charge is 2.36. The highest BCUT2D eigenvalue weighted by Crippen LogP contribution is 2.37. The second-order valence-electron chi connectivity index (χ2n) is 7.56. The molecule has 0 radical (unpaired) electrons. The minimum absolute atomic E-state index is 0.102. The van der Waals surface area contributed by atoms with Crippen molar-refractivity contribution in [2.45, 2.75) is 25.7 Å². The van der Waals surface area contributed by atoms with Gasteiger partial charge < -0.3 is 19.7 Å². The molecular formula is C22H22N2O4. The lowest BCUT2D eigenvalue weighted by molar-refractivity contribution is -0.119. The van der Waals surface area contributed by atoms with Gasteiger partial charge in [-0.25, -0.2) is 0 Å². The summed E-state index contributed by atoms with van der Waals surface area (Å²) in [5.41, 5.74) is 3.69. The molecule has 2 aliphatic heterocycles. The van der Waals surface area contributed by atoms with Crippen LogP contribution in [0.5, 0.6) is 11.5 Å². The van der Waals surface area contributed by atoms with E-state index in [2.05, 4.69) is 5.32 Å². The average Bonchev–Trinajstić information content (AvgIpc) is 3.47. The fourth-order valence-corrected chi connectivity index (χ4v) is 3.82. The first-order chi connectivity index (χ1) is 13.7. The second-order valence-corrected chi connectivity index (χ2v) is 7.56. The lowest BCUT2D eigenvalue weighted by atomic mass is 10.1. The van der Waals surface area contributed by atoms with Crippen LogP contribution in [0, 0.1) is 5.92 Å². The number of carbonyl (C=O) groups is 2. The van der Waals surface area contributed by atoms with E-state index in [4.69, 9.17) is 9.47 Å². The van der Waals surface area contributed by atoms with E-state index in [-0.39, 0.29) is 24.2 Å². The molecule has 0 atom stereocenters. The van der Waals surface area contributed by atoms with Gasteiger partial charge in [-0.2, -0.15) is 0 Å². The van der Waals surface area contributed by atoms with Gasteiger partial charge in [-0.15, -0.1) is 0 Å². The van der Waals surface area contributed by atoms with Gasteiger partial charge in [0, 0.05) is 23.8 Å². The number of benzene rings is 2. The number of amides is 2. The van der Waals surface area contributed by atoms with Gasteiger partial charge in [0.2, 0.25) is 11.8 Å². The maximum Gasteiger partial charge on any atom is 0.230 e. The molecule has 28 heavy (non-hydrogen) atoms. The zero-order chi connectivity index (χ0) is 19.1. The summed E-state index contributed by atoms with van der Waals surface area (Å²) < 4.78 is 11.1. The largest absolute Gasteiger partial charge is 0.486 e. The van der Waals surface area contributed by atoms with E-state index in [0.717, 1.165) is 48.5 Å². The standard InChI is InChI=1S/C22H22N2O4/c25-21(12-14-1-6-19-20(11-14)28-10-9-27-19)23-17-5-4-15-7-8-24(18(15)13-17)22(26)16-2-3-16/h1,4-6,11,13,16H,2-3,7-10,12H2,(H,23,25). The molecule has 1 N–H and O–H groups in total. The van der Waals surface area contributed by atoms with Gasteiger partial charge in [-0.1, -0.05) is 12.1 Å². The van der Waals surface area contributed by atoms with Crippen LogP contribution in [0.25, 0.3) is 0 Å². The molecule has 6 nitrogen and oxygen atoms in total. The van der Waals surface area contributed by atoms with Crippen molar-refractivity contribution >= 4 is 23.2 Å². The SMILES string of the molecule is O=C(Cc1ccc2c(c1)OCCO2)Nc1ccc2c(c1)N(C(=O)C1CC1)CC2. The van der Waals surface area contributed by atoms with Crippen LogP contribution in [0.3, 0.4) is 0 Å². The highest BCUT2D eigenvalue weighted by atomic mass is 16.6. The van der Waals surface area contributed by atoms with E-state index in [1.807, 2.05) is 41.3 Å². The molecule has 5 rings (SSSR count). The van der Waals surface area contributed by atoms with Crippen LogP contribution in [0.1, 0.15) is 24.0 Å². The van der Waals surface area contributed by atoms with Crippen molar-refractivity contribution in [2.75, 3.05) is 30.0 Å². The predicted molar refractivity (Wildman–Crippen MR) is 105 cm³/mol. The molecule has 3 aliphatic rings. The topological polar surface area (TPSA) is 67.9 Å². The zero-order valence-electron chi connectivity index (χ0n) is 15.6. The Morgan fingerprint density at radius 2 is 1.86 bits per heavy atom. The lowest BCUT2D eigenvalue weighted by Gasteiger charge is -2.19. The number of nitrogens with zero attached hydrogens (tertiary/aromatic N) is 1. The number of fused-ring (bicyclic) bond motifs is 2. The van der Waals surface area contributed by atoms with Crippen molar-refractivity contribution in [2.24, 2.45) is 5.92 Å². The molecule has 2 aromatic rings. The normalized spacial score (nSPS) is 17.2. The molecule has 6 heteroatoms. The van der Waals surface area contributed by atoms with Gasteiger partial charge in [-0.3, -0.25) is 9.59 Å². The van der Waals surface area contributed by atoms with Crippen molar-refractivity contribution in [3.8, 4) is 11.5 Å². The van der Waals surface area contributed by atoms with Crippen molar-refractivity contribution in [1.29, 1.82) is 0 Å². The van der Waals surface area contributed by atoms with E-state index < -0.39 is 0 Å². The van der Waals surface area contributed by atoms with Gasteiger partial charge in [0.1, 0.15) is 13.2 Å². The van der Waals surface area contributed by atoms with Crippen LogP contribution in [-0.4, -0.2) is 31.6 Å². The van der Waals surface area contributed by atoms with Crippen LogP contribution in [-0.2, 0) is 22.4 Å². The summed E-state index contributed by atoms with van der Waals surface area (Å²) >= 11 is 0. The summed E-state index contributed by atoms with van der Waals surface area (Å²) in [4.78, 5) is 26.9.